The zero-order valence-electron chi connectivity index (χ0n) is 19.6. The molecular weight excluding hydrogens is 456 g/mol. The second-order valence-electron chi connectivity index (χ2n) is 9.24. The molecule has 0 atom stereocenters. The van der Waals surface area contributed by atoms with Crippen LogP contribution in [0.15, 0.2) is 53.8 Å². The van der Waals surface area contributed by atoms with E-state index in [1.165, 1.54) is 7.11 Å². The fraction of sp³-hybridized carbons (Fsp3) is 0.375. The molecule has 1 amide bonds. The Morgan fingerprint density at radius 3 is 2.59 bits per heavy atom. The standard InChI is InChI=1S/C24H28N4O5S/c1-24(2,3)21-9-8-20(32-4)23(26-21)34(30,31)27-22(29)16-6-7-17(13-28-11-5-10-25-28)19(12-16)18-14-33-15-18/h5-12,18H,13-15H2,1-4H3,(H,27,29). The first kappa shape index (κ1) is 23.9. The van der Waals surface area contributed by atoms with E-state index in [0.29, 0.717) is 25.5 Å². The zero-order chi connectivity index (χ0) is 24.5. The highest BCUT2D eigenvalue weighted by Gasteiger charge is 2.29. The van der Waals surface area contributed by atoms with Crippen molar-refractivity contribution in [3.63, 3.8) is 0 Å². The lowest BCUT2D eigenvalue weighted by molar-refractivity contribution is 0.00800. The van der Waals surface area contributed by atoms with E-state index in [4.69, 9.17) is 9.47 Å². The maximum Gasteiger partial charge on any atom is 0.285 e. The fourth-order valence-electron chi connectivity index (χ4n) is 3.67. The zero-order valence-corrected chi connectivity index (χ0v) is 20.4. The van der Waals surface area contributed by atoms with Crippen LogP contribution in [-0.2, 0) is 26.7 Å². The van der Waals surface area contributed by atoms with Gasteiger partial charge in [0.2, 0.25) is 5.03 Å². The lowest BCUT2D eigenvalue weighted by atomic mass is 9.91. The van der Waals surface area contributed by atoms with Crippen LogP contribution in [0.25, 0.3) is 0 Å². The molecule has 1 saturated heterocycles. The Labute approximate surface area is 199 Å². The molecule has 3 aromatic rings. The number of amides is 1. The molecule has 0 radical (unpaired) electrons. The second kappa shape index (κ2) is 9.19. The van der Waals surface area contributed by atoms with Crippen molar-refractivity contribution in [2.75, 3.05) is 20.3 Å². The number of hydrogen-bond donors (Lipinski definition) is 1. The van der Waals surface area contributed by atoms with Gasteiger partial charge in [-0.2, -0.15) is 13.5 Å². The first-order valence-electron chi connectivity index (χ1n) is 10.9. The maximum absolute atomic E-state index is 13.1. The first-order chi connectivity index (χ1) is 16.1. The largest absolute Gasteiger partial charge is 0.494 e. The molecule has 10 heteroatoms. The van der Waals surface area contributed by atoms with Gasteiger partial charge in [-0.3, -0.25) is 9.48 Å². The Morgan fingerprint density at radius 2 is 2.00 bits per heavy atom. The van der Waals surface area contributed by atoms with Gasteiger partial charge in [0.25, 0.3) is 15.9 Å². The number of methoxy groups -OCH3 is 1. The van der Waals surface area contributed by atoms with Crippen molar-refractivity contribution in [3.05, 3.63) is 71.2 Å². The third-order valence-electron chi connectivity index (χ3n) is 5.67. The molecule has 0 saturated carbocycles. The topological polar surface area (TPSA) is 112 Å². The molecule has 1 aromatic carbocycles. The van der Waals surface area contributed by atoms with Gasteiger partial charge in [0.15, 0.2) is 5.75 Å². The van der Waals surface area contributed by atoms with E-state index in [-0.39, 0.29) is 27.7 Å². The highest BCUT2D eigenvalue weighted by atomic mass is 32.2. The number of carbonyl (C=O) groups excluding carboxylic acids is 1. The monoisotopic (exact) mass is 484 g/mol. The van der Waals surface area contributed by atoms with Crippen LogP contribution < -0.4 is 9.46 Å². The van der Waals surface area contributed by atoms with Crippen LogP contribution >= 0.6 is 0 Å². The molecule has 0 spiro atoms. The Kier molecular flexibility index (Phi) is 6.46. The Morgan fingerprint density at radius 1 is 1.24 bits per heavy atom. The molecule has 4 rings (SSSR count). The molecule has 1 aliphatic heterocycles. The summed E-state index contributed by atoms with van der Waals surface area (Å²) in [6, 6.07) is 10.3. The number of aromatic nitrogens is 3. The normalized spacial score (nSPS) is 14.5. The SMILES string of the molecule is COc1ccc(C(C)(C)C)nc1S(=O)(=O)NC(=O)c1ccc(Cn2cccn2)c(C2COC2)c1. The van der Waals surface area contributed by atoms with E-state index in [0.717, 1.165) is 11.1 Å². The van der Waals surface area contributed by atoms with E-state index in [1.54, 1.807) is 35.1 Å². The summed E-state index contributed by atoms with van der Waals surface area (Å²) in [5, 5.41) is 3.92. The molecule has 2 aromatic heterocycles. The molecule has 1 aliphatic rings. The minimum absolute atomic E-state index is 0.0650. The number of pyridine rings is 1. The Hall–Kier alpha value is -3.24. The average Bonchev–Trinajstić information content (AvgIpc) is 3.25. The van der Waals surface area contributed by atoms with Crippen molar-refractivity contribution >= 4 is 15.9 Å². The summed E-state index contributed by atoms with van der Waals surface area (Å²) < 4.78 is 40.8. The average molecular weight is 485 g/mol. The van der Waals surface area contributed by atoms with Crippen molar-refractivity contribution in [2.24, 2.45) is 0 Å². The number of ether oxygens (including phenoxy) is 2. The molecule has 0 bridgehead atoms. The van der Waals surface area contributed by atoms with E-state index in [9.17, 15) is 13.2 Å². The smallest absolute Gasteiger partial charge is 0.285 e. The van der Waals surface area contributed by atoms with Gasteiger partial charge >= 0.3 is 0 Å². The van der Waals surface area contributed by atoms with E-state index < -0.39 is 15.9 Å². The van der Waals surface area contributed by atoms with Gasteiger partial charge < -0.3 is 9.47 Å². The minimum atomic E-state index is -4.28. The number of carbonyl (C=O) groups is 1. The third kappa shape index (κ3) is 4.97. The molecular formula is C24H28N4O5S. The molecule has 9 nitrogen and oxygen atoms in total. The van der Waals surface area contributed by atoms with E-state index in [1.807, 2.05) is 39.1 Å². The highest BCUT2D eigenvalue weighted by molar-refractivity contribution is 7.90. The molecule has 0 aliphatic carbocycles. The quantitative estimate of drug-likeness (QED) is 0.549. The Balaban J connectivity index is 1.63. The number of nitrogens with zero attached hydrogens (tertiary/aromatic N) is 3. The lowest BCUT2D eigenvalue weighted by Crippen LogP contribution is -2.33. The first-order valence-corrected chi connectivity index (χ1v) is 12.4. The minimum Gasteiger partial charge on any atom is -0.494 e. The summed E-state index contributed by atoms with van der Waals surface area (Å²) >= 11 is 0. The lowest BCUT2D eigenvalue weighted by Gasteiger charge is -2.28. The van der Waals surface area contributed by atoms with E-state index >= 15 is 0 Å². The third-order valence-corrected chi connectivity index (χ3v) is 6.93. The van der Waals surface area contributed by atoms with Gasteiger partial charge in [-0.25, -0.2) is 9.71 Å². The molecule has 0 unspecified atom stereocenters. The van der Waals surface area contributed by atoms with Crippen LogP contribution in [0.5, 0.6) is 5.75 Å². The summed E-state index contributed by atoms with van der Waals surface area (Å²) in [6.07, 6.45) is 3.57. The van der Waals surface area contributed by atoms with Gasteiger partial charge in [-0.05, 0) is 41.5 Å². The fourth-order valence-corrected chi connectivity index (χ4v) is 4.76. The van der Waals surface area contributed by atoms with Crippen molar-refractivity contribution in [2.45, 2.75) is 43.7 Å². The summed E-state index contributed by atoms with van der Waals surface area (Å²) in [7, 11) is -2.92. The van der Waals surface area contributed by atoms with Gasteiger partial charge in [0.05, 0.1) is 26.9 Å². The summed E-state index contributed by atoms with van der Waals surface area (Å²) in [4.78, 5) is 17.3. The number of benzene rings is 1. The second-order valence-corrected chi connectivity index (χ2v) is 10.8. The van der Waals surface area contributed by atoms with Crippen LogP contribution in [0.1, 0.15) is 53.9 Å². The molecule has 34 heavy (non-hydrogen) atoms. The van der Waals surface area contributed by atoms with Crippen molar-refractivity contribution in [1.29, 1.82) is 0 Å². The molecule has 180 valence electrons. The predicted molar refractivity (Wildman–Crippen MR) is 125 cm³/mol. The summed E-state index contributed by atoms with van der Waals surface area (Å²) in [5.74, 6) is -0.535. The number of sulfonamides is 1. The van der Waals surface area contributed by atoms with Crippen molar-refractivity contribution in [1.82, 2.24) is 19.5 Å². The van der Waals surface area contributed by atoms with Gasteiger partial charge in [0.1, 0.15) is 0 Å². The number of nitrogens with one attached hydrogen (secondary N) is 1. The van der Waals surface area contributed by atoms with Gasteiger partial charge in [-0.15, -0.1) is 0 Å². The Bertz CT molecular complexity index is 1290. The van der Waals surface area contributed by atoms with Gasteiger partial charge in [-0.1, -0.05) is 26.8 Å². The highest BCUT2D eigenvalue weighted by Crippen LogP contribution is 2.30. The van der Waals surface area contributed by atoms with Crippen molar-refractivity contribution in [3.8, 4) is 5.75 Å². The van der Waals surface area contributed by atoms with Crippen LogP contribution in [-0.4, -0.2) is 49.4 Å². The van der Waals surface area contributed by atoms with Crippen molar-refractivity contribution < 1.29 is 22.7 Å². The molecule has 1 fully saturated rings. The van der Waals surface area contributed by atoms with Gasteiger partial charge in [0, 0.05) is 35.0 Å². The van der Waals surface area contributed by atoms with Crippen LogP contribution in [0.3, 0.4) is 0 Å². The maximum atomic E-state index is 13.1. The molecule has 1 N–H and O–H groups in total. The molecule has 3 heterocycles. The number of hydrogen-bond acceptors (Lipinski definition) is 7. The predicted octanol–water partition coefficient (Wildman–Crippen LogP) is 2.87. The van der Waals surface area contributed by atoms with Crippen LogP contribution in [0.4, 0.5) is 0 Å². The summed E-state index contributed by atoms with van der Waals surface area (Å²) in [6.45, 7) is 7.42. The van der Waals surface area contributed by atoms with Crippen LogP contribution in [0.2, 0.25) is 0 Å². The summed E-state index contributed by atoms with van der Waals surface area (Å²) in [5.41, 5.74) is 2.36. The van der Waals surface area contributed by atoms with E-state index in [2.05, 4.69) is 14.8 Å². The van der Waals surface area contributed by atoms with Crippen LogP contribution in [0, 0.1) is 0 Å². The number of rotatable bonds is 7.